The van der Waals surface area contributed by atoms with Crippen molar-refractivity contribution in [3.8, 4) is 5.75 Å². The van der Waals surface area contributed by atoms with Crippen molar-refractivity contribution in [3.63, 3.8) is 0 Å². The minimum atomic E-state index is 0.102. The Balaban J connectivity index is 1.48. The van der Waals surface area contributed by atoms with Crippen molar-refractivity contribution in [2.45, 2.75) is 44.2 Å². The van der Waals surface area contributed by atoms with E-state index in [1.54, 1.807) is 7.11 Å². The summed E-state index contributed by atoms with van der Waals surface area (Å²) < 4.78 is 10.5. The number of carbonyl (C=O) groups is 1. The number of rotatable bonds is 7. The summed E-state index contributed by atoms with van der Waals surface area (Å²) in [5.74, 6) is 1.36. The Kier molecular flexibility index (Phi) is 5.51. The summed E-state index contributed by atoms with van der Waals surface area (Å²) in [6, 6.07) is 8.79. The van der Waals surface area contributed by atoms with Crippen LogP contribution in [0.2, 0.25) is 0 Å². The van der Waals surface area contributed by atoms with Crippen molar-refractivity contribution in [2.75, 3.05) is 25.6 Å². The number of benzene rings is 1. The normalized spacial score (nSPS) is 26.0. The van der Waals surface area contributed by atoms with E-state index in [9.17, 15) is 4.79 Å². The summed E-state index contributed by atoms with van der Waals surface area (Å²) in [6.07, 6.45) is 5.41. The molecule has 0 radical (unpaired) electrons. The number of ether oxygens (including phenoxy) is 2. The molecule has 23 heavy (non-hydrogen) atoms. The second-order valence-electron chi connectivity index (χ2n) is 6.60. The van der Waals surface area contributed by atoms with Gasteiger partial charge in [0.15, 0.2) is 0 Å². The number of carbonyl (C=O) groups excluding carboxylic acids is 1. The zero-order valence-electron chi connectivity index (χ0n) is 13.7. The summed E-state index contributed by atoms with van der Waals surface area (Å²) in [5.41, 5.74) is 0.793. The van der Waals surface area contributed by atoms with Gasteiger partial charge in [-0.15, -0.1) is 0 Å². The minimum Gasteiger partial charge on any atom is -0.491 e. The predicted octanol–water partition coefficient (Wildman–Crippen LogP) is 2.57. The maximum atomic E-state index is 12.3. The van der Waals surface area contributed by atoms with E-state index in [4.69, 9.17) is 9.47 Å². The fourth-order valence-corrected chi connectivity index (χ4v) is 3.72. The predicted molar refractivity (Wildman–Crippen MR) is 89.7 cm³/mol. The summed E-state index contributed by atoms with van der Waals surface area (Å²) in [4.78, 5) is 12.3. The lowest BCUT2D eigenvalue weighted by Gasteiger charge is -2.28. The van der Waals surface area contributed by atoms with Crippen molar-refractivity contribution in [1.29, 1.82) is 0 Å². The molecule has 2 saturated heterocycles. The van der Waals surface area contributed by atoms with Crippen LogP contribution in [0.15, 0.2) is 24.3 Å². The van der Waals surface area contributed by atoms with Gasteiger partial charge in [0.25, 0.3) is 0 Å². The molecule has 2 heterocycles. The molecule has 2 bridgehead atoms. The lowest BCUT2D eigenvalue weighted by Crippen LogP contribution is -2.39. The average molecular weight is 318 g/mol. The maximum Gasteiger partial charge on any atom is 0.224 e. The Morgan fingerprint density at radius 2 is 2.04 bits per heavy atom. The molecule has 1 aromatic carbocycles. The molecule has 3 rings (SSSR count). The number of methoxy groups -OCH3 is 1. The van der Waals surface area contributed by atoms with Gasteiger partial charge in [0, 0.05) is 37.4 Å². The van der Waals surface area contributed by atoms with Crippen molar-refractivity contribution in [2.24, 2.45) is 5.92 Å². The second-order valence-corrected chi connectivity index (χ2v) is 6.60. The van der Waals surface area contributed by atoms with Crippen molar-refractivity contribution < 1.29 is 14.3 Å². The van der Waals surface area contributed by atoms with Crippen LogP contribution in [0.1, 0.15) is 32.1 Å². The lowest BCUT2D eigenvalue weighted by atomic mass is 9.89. The molecule has 2 aliphatic heterocycles. The zero-order chi connectivity index (χ0) is 16.1. The van der Waals surface area contributed by atoms with Crippen LogP contribution in [0.3, 0.4) is 0 Å². The first kappa shape index (κ1) is 16.3. The van der Waals surface area contributed by atoms with Gasteiger partial charge in [-0.05, 0) is 43.7 Å². The first-order chi connectivity index (χ1) is 11.2. The lowest BCUT2D eigenvalue weighted by molar-refractivity contribution is -0.117. The highest BCUT2D eigenvalue weighted by molar-refractivity contribution is 5.91. The number of hydrogen-bond donors (Lipinski definition) is 2. The van der Waals surface area contributed by atoms with Crippen molar-refractivity contribution in [3.05, 3.63) is 24.3 Å². The highest BCUT2D eigenvalue weighted by atomic mass is 16.5. The Morgan fingerprint density at radius 1 is 1.26 bits per heavy atom. The third-order valence-electron chi connectivity index (χ3n) is 4.72. The van der Waals surface area contributed by atoms with Gasteiger partial charge in [-0.3, -0.25) is 4.79 Å². The monoisotopic (exact) mass is 318 g/mol. The van der Waals surface area contributed by atoms with E-state index in [1.165, 1.54) is 12.8 Å². The largest absolute Gasteiger partial charge is 0.491 e. The summed E-state index contributed by atoms with van der Waals surface area (Å²) in [5, 5.41) is 6.62. The summed E-state index contributed by atoms with van der Waals surface area (Å²) >= 11 is 0. The van der Waals surface area contributed by atoms with E-state index in [0.29, 0.717) is 37.6 Å². The molecule has 5 heteroatoms. The quantitative estimate of drug-likeness (QED) is 0.759. The summed E-state index contributed by atoms with van der Waals surface area (Å²) in [6.45, 7) is 1.06. The van der Waals surface area contributed by atoms with Gasteiger partial charge in [-0.2, -0.15) is 0 Å². The van der Waals surface area contributed by atoms with Crippen LogP contribution in [0.25, 0.3) is 0 Å². The number of anilines is 1. The molecule has 2 unspecified atom stereocenters. The van der Waals surface area contributed by atoms with Crippen LogP contribution in [-0.4, -0.2) is 38.3 Å². The number of piperidine rings is 1. The molecule has 0 spiro atoms. The van der Waals surface area contributed by atoms with Gasteiger partial charge >= 0.3 is 0 Å². The molecule has 126 valence electrons. The molecule has 2 N–H and O–H groups in total. The number of fused-ring (bicyclic) bond motifs is 2. The van der Waals surface area contributed by atoms with Crippen LogP contribution < -0.4 is 15.4 Å². The second kappa shape index (κ2) is 7.79. The van der Waals surface area contributed by atoms with Crippen LogP contribution in [0, 0.1) is 5.92 Å². The molecular weight excluding hydrogens is 292 g/mol. The number of hydrogen-bond acceptors (Lipinski definition) is 4. The molecule has 2 aliphatic rings. The van der Waals surface area contributed by atoms with Crippen LogP contribution in [0.4, 0.5) is 5.69 Å². The van der Waals surface area contributed by atoms with Crippen LogP contribution in [-0.2, 0) is 9.53 Å². The van der Waals surface area contributed by atoms with E-state index < -0.39 is 0 Å². The fraction of sp³-hybridized carbons (Fsp3) is 0.611. The SMILES string of the molecule is COCCOc1cccc(NC(=O)CC2CC3CCC(C2)N3)c1. The Morgan fingerprint density at radius 3 is 2.78 bits per heavy atom. The first-order valence-electron chi connectivity index (χ1n) is 8.50. The van der Waals surface area contributed by atoms with E-state index in [0.717, 1.165) is 24.3 Å². The van der Waals surface area contributed by atoms with Gasteiger partial charge in [-0.1, -0.05) is 6.07 Å². The Bertz CT molecular complexity index is 523. The standard InChI is InChI=1S/C18H26N2O3/c1-22-7-8-23-17-4-2-3-14(12-17)20-18(21)11-13-9-15-5-6-16(10-13)19-15/h2-4,12-13,15-16,19H,5-11H2,1H3,(H,20,21). The highest BCUT2D eigenvalue weighted by Gasteiger charge is 2.34. The maximum absolute atomic E-state index is 12.3. The molecule has 0 aromatic heterocycles. The van der Waals surface area contributed by atoms with Gasteiger partial charge in [-0.25, -0.2) is 0 Å². The molecule has 1 aromatic rings. The third kappa shape index (κ3) is 4.69. The average Bonchev–Trinajstić information content (AvgIpc) is 2.86. The number of amides is 1. The van der Waals surface area contributed by atoms with Gasteiger partial charge < -0.3 is 20.1 Å². The number of nitrogens with one attached hydrogen (secondary N) is 2. The molecule has 0 aliphatic carbocycles. The Hall–Kier alpha value is -1.59. The van der Waals surface area contributed by atoms with Crippen LogP contribution >= 0.6 is 0 Å². The zero-order valence-corrected chi connectivity index (χ0v) is 13.7. The molecule has 0 saturated carbocycles. The molecule has 2 atom stereocenters. The van der Waals surface area contributed by atoms with Crippen molar-refractivity contribution >= 4 is 11.6 Å². The van der Waals surface area contributed by atoms with Crippen LogP contribution in [0.5, 0.6) is 5.75 Å². The van der Waals surface area contributed by atoms with Crippen molar-refractivity contribution in [1.82, 2.24) is 5.32 Å². The summed E-state index contributed by atoms with van der Waals surface area (Å²) in [7, 11) is 1.65. The van der Waals surface area contributed by atoms with E-state index in [2.05, 4.69) is 10.6 Å². The van der Waals surface area contributed by atoms with Gasteiger partial charge in [0.2, 0.25) is 5.91 Å². The Labute approximate surface area is 137 Å². The third-order valence-corrected chi connectivity index (χ3v) is 4.72. The highest BCUT2D eigenvalue weighted by Crippen LogP contribution is 2.32. The molecule has 5 nitrogen and oxygen atoms in total. The molecule has 1 amide bonds. The first-order valence-corrected chi connectivity index (χ1v) is 8.50. The van der Waals surface area contributed by atoms with Gasteiger partial charge in [0.1, 0.15) is 12.4 Å². The smallest absolute Gasteiger partial charge is 0.224 e. The topological polar surface area (TPSA) is 59.6 Å². The van der Waals surface area contributed by atoms with Gasteiger partial charge in [0.05, 0.1) is 6.61 Å². The fourth-order valence-electron chi connectivity index (χ4n) is 3.72. The molecular formula is C18H26N2O3. The minimum absolute atomic E-state index is 0.102. The van der Waals surface area contributed by atoms with E-state index >= 15 is 0 Å². The van der Waals surface area contributed by atoms with E-state index in [1.807, 2.05) is 24.3 Å². The molecule has 2 fully saturated rings. The van der Waals surface area contributed by atoms with E-state index in [-0.39, 0.29) is 5.91 Å².